The predicted octanol–water partition coefficient (Wildman–Crippen LogP) is 3.82. The van der Waals surface area contributed by atoms with Crippen LogP contribution >= 0.6 is 11.8 Å². The fraction of sp³-hybridized carbons (Fsp3) is 0.467. The molecule has 0 radical (unpaired) electrons. The van der Waals surface area contributed by atoms with Crippen molar-refractivity contribution >= 4 is 17.7 Å². The molecule has 0 spiro atoms. The van der Waals surface area contributed by atoms with E-state index in [4.69, 9.17) is 0 Å². The van der Waals surface area contributed by atoms with Crippen molar-refractivity contribution in [3.63, 3.8) is 0 Å². The van der Waals surface area contributed by atoms with Crippen LogP contribution in [0.1, 0.15) is 32.1 Å². The first-order chi connectivity index (χ1) is 11.3. The molecule has 0 heterocycles. The number of benzene rings is 1. The molecule has 0 atom stereocenters. The van der Waals surface area contributed by atoms with Crippen LogP contribution in [0.5, 0.6) is 0 Å². The molecule has 1 fully saturated rings. The van der Waals surface area contributed by atoms with E-state index < -0.39 is 51.2 Å². The van der Waals surface area contributed by atoms with Gasteiger partial charge in [-0.2, -0.15) is 5.26 Å². The summed E-state index contributed by atoms with van der Waals surface area (Å²) in [5.74, 6) is -11.6. The molecule has 1 aromatic carbocycles. The third-order valence-corrected chi connectivity index (χ3v) is 4.87. The molecule has 1 aliphatic rings. The first-order valence-corrected chi connectivity index (χ1v) is 8.16. The van der Waals surface area contributed by atoms with Gasteiger partial charge in [0.15, 0.2) is 23.3 Å². The number of carbonyl (C=O) groups is 1. The Balaban J connectivity index is 2.09. The Kier molecular flexibility index (Phi) is 5.70. The van der Waals surface area contributed by atoms with E-state index in [1.54, 1.807) is 0 Å². The molecule has 2 rings (SSSR count). The average Bonchev–Trinajstić information content (AvgIpc) is 2.59. The Morgan fingerprint density at radius 2 is 1.50 bits per heavy atom. The minimum absolute atomic E-state index is 0.198. The van der Waals surface area contributed by atoms with Gasteiger partial charge < -0.3 is 5.32 Å². The van der Waals surface area contributed by atoms with Gasteiger partial charge in [-0.05, 0) is 12.8 Å². The summed E-state index contributed by atoms with van der Waals surface area (Å²) in [7, 11) is 0. The molecule has 9 heteroatoms. The van der Waals surface area contributed by atoms with Crippen molar-refractivity contribution in [2.24, 2.45) is 0 Å². The van der Waals surface area contributed by atoms with Gasteiger partial charge >= 0.3 is 0 Å². The number of amides is 1. The van der Waals surface area contributed by atoms with Crippen LogP contribution in [0.3, 0.4) is 0 Å². The van der Waals surface area contributed by atoms with Gasteiger partial charge in [-0.3, -0.25) is 4.79 Å². The fourth-order valence-electron chi connectivity index (χ4n) is 2.57. The monoisotopic (exact) mass is 364 g/mol. The molecule has 0 unspecified atom stereocenters. The Morgan fingerprint density at radius 3 is 2.00 bits per heavy atom. The van der Waals surface area contributed by atoms with E-state index >= 15 is 0 Å². The zero-order valence-electron chi connectivity index (χ0n) is 12.4. The van der Waals surface area contributed by atoms with E-state index in [1.807, 2.05) is 6.07 Å². The van der Waals surface area contributed by atoms with Crippen LogP contribution in [0.25, 0.3) is 0 Å². The van der Waals surface area contributed by atoms with Gasteiger partial charge in [0.2, 0.25) is 11.7 Å². The minimum Gasteiger partial charge on any atom is -0.337 e. The lowest BCUT2D eigenvalue weighted by Gasteiger charge is -2.31. The van der Waals surface area contributed by atoms with Gasteiger partial charge in [0, 0.05) is 0 Å². The highest BCUT2D eigenvalue weighted by atomic mass is 32.2. The second-order valence-electron chi connectivity index (χ2n) is 5.49. The number of carbonyl (C=O) groups excluding carboxylic acids is 1. The molecule has 24 heavy (non-hydrogen) atoms. The molecule has 1 aromatic rings. The number of hydrogen-bond donors (Lipinski definition) is 1. The van der Waals surface area contributed by atoms with Gasteiger partial charge in [0.05, 0.1) is 16.7 Å². The Morgan fingerprint density at radius 1 is 1.00 bits per heavy atom. The maximum absolute atomic E-state index is 13.5. The van der Waals surface area contributed by atoms with Crippen molar-refractivity contribution in [1.29, 1.82) is 5.26 Å². The summed E-state index contributed by atoms with van der Waals surface area (Å²) in [6, 6.07) is 2.04. The van der Waals surface area contributed by atoms with Crippen molar-refractivity contribution in [1.82, 2.24) is 5.32 Å². The van der Waals surface area contributed by atoms with Gasteiger partial charge in [-0.1, -0.05) is 19.3 Å². The molecular formula is C15H13F5N2OS. The van der Waals surface area contributed by atoms with Crippen LogP contribution < -0.4 is 5.32 Å². The van der Waals surface area contributed by atoms with E-state index in [0.29, 0.717) is 12.8 Å². The highest BCUT2D eigenvalue weighted by Gasteiger charge is 2.34. The lowest BCUT2D eigenvalue weighted by molar-refractivity contribution is -0.120. The summed E-state index contributed by atoms with van der Waals surface area (Å²) >= 11 is 0.198. The summed E-state index contributed by atoms with van der Waals surface area (Å²) in [4.78, 5) is 10.8. The summed E-state index contributed by atoms with van der Waals surface area (Å²) in [5, 5.41) is 11.7. The molecule has 1 amide bonds. The van der Waals surface area contributed by atoms with Crippen molar-refractivity contribution in [3.8, 4) is 6.07 Å². The second kappa shape index (κ2) is 7.38. The maximum Gasteiger partial charge on any atom is 0.231 e. The maximum atomic E-state index is 13.5. The molecule has 130 valence electrons. The zero-order valence-corrected chi connectivity index (χ0v) is 13.2. The summed E-state index contributed by atoms with van der Waals surface area (Å²) in [6.07, 6.45) is 3.39. The van der Waals surface area contributed by atoms with E-state index in [0.717, 1.165) is 19.3 Å². The molecule has 0 aliphatic heterocycles. The topological polar surface area (TPSA) is 52.9 Å². The molecule has 1 N–H and O–H groups in total. The van der Waals surface area contributed by atoms with Gasteiger partial charge in [0.1, 0.15) is 5.54 Å². The van der Waals surface area contributed by atoms with E-state index in [2.05, 4.69) is 5.32 Å². The first kappa shape index (κ1) is 18.5. The SMILES string of the molecule is N#CC1(NC(=O)CSc2c(F)c(F)c(F)c(F)c2F)CCCCC1. The van der Waals surface area contributed by atoms with Crippen molar-refractivity contribution < 1.29 is 26.7 Å². The fourth-order valence-corrected chi connectivity index (χ4v) is 3.35. The van der Waals surface area contributed by atoms with Crippen molar-refractivity contribution in [2.45, 2.75) is 42.5 Å². The number of thioether (sulfide) groups is 1. The molecular weight excluding hydrogens is 351 g/mol. The summed E-state index contributed by atoms with van der Waals surface area (Å²) < 4.78 is 66.2. The van der Waals surface area contributed by atoms with E-state index in [9.17, 15) is 32.0 Å². The van der Waals surface area contributed by atoms with Crippen molar-refractivity contribution in [3.05, 3.63) is 29.1 Å². The molecule has 0 saturated heterocycles. The average molecular weight is 364 g/mol. The molecule has 0 aromatic heterocycles. The van der Waals surface area contributed by atoms with Crippen LogP contribution in [-0.2, 0) is 4.79 Å². The number of nitriles is 1. The molecule has 3 nitrogen and oxygen atoms in total. The second-order valence-corrected chi connectivity index (χ2v) is 6.48. The largest absolute Gasteiger partial charge is 0.337 e. The van der Waals surface area contributed by atoms with Crippen LogP contribution in [0.2, 0.25) is 0 Å². The highest BCUT2D eigenvalue weighted by Crippen LogP contribution is 2.31. The highest BCUT2D eigenvalue weighted by molar-refractivity contribution is 8.00. The smallest absolute Gasteiger partial charge is 0.231 e. The number of rotatable bonds is 4. The molecule has 1 saturated carbocycles. The van der Waals surface area contributed by atoms with Crippen LogP contribution in [-0.4, -0.2) is 17.2 Å². The van der Waals surface area contributed by atoms with Crippen LogP contribution in [0.15, 0.2) is 4.90 Å². The third-order valence-electron chi connectivity index (χ3n) is 3.82. The van der Waals surface area contributed by atoms with Gasteiger partial charge in [0.25, 0.3) is 0 Å². The van der Waals surface area contributed by atoms with E-state index in [-0.39, 0.29) is 11.8 Å². The summed E-state index contributed by atoms with van der Waals surface area (Å²) in [6.45, 7) is 0. The van der Waals surface area contributed by atoms with E-state index in [1.165, 1.54) is 0 Å². The number of nitrogens with zero attached hydrogens (tertiary/aromatic N) is 1. The standard InChI is InChI=1S/C15H13F5N2OS/c16-9-10(17)12(19)14(13(20)11(9)18)24-6-8(23)22-15(7-21)4-2-1-3-5-15/h1-6H2,(H,22,23). The number of hydrogen-bond acceptors (Lipinski definition) is 3. The molecule has 0 bridgehead atoms. The van der Waals surface area contributed by atoms with Gasteiger partial charge in [-0.15, -0.1) is 11.8 Å². The normalized spacial score (nSPS) is 16.5. The van der Waals surface area contributed by atoms with Crippen molar-refractivity contribution in [2.75, 3.05) is 5.75 Å². The van der Waals surface area contributed by atoms with Gasteiger partial charge in [-0.25, -0.2) is 22.0 Å². The Labute approximate surface area is 139 Å². The summed E-state index contributed by atoms with van der Waals surface area (Å²) in [5.41, 5.74) is -1.04. The quantitative estimate of drug-likeness (QED) is 0.383. The van der Waals surface area contributed by atoms with Crippen LogP contribution in [0, 0.1) is 40.4 Å². The zero-order chi connectivity index (χ0) is 17.9. The number of halogens is 5. The first-order valence-electron chi connectivity index (χ1n) is 7.18. The third kappa shape index (κ3) is 3.64. The predicted molar refractivity (Wildman–Crippen MR) is 76.5 cm³/mol. The lowest BCUT2D eigenvalue weighted by atomic mass is 9.83. The Bertz CT molecular complexity index is 669. The number of nitrogens with one attached hydrogen (secondary N) is 1. The minimum atomic E-state index is -2.25. The Hall–Kier alpha value is -1.82. The molecule has 1 aliphatic carbocycles. The lowest BCUT2D eigenvalue weighted by Crippen LogP contribution is -2.49. The van der Waals surface area contributed by atoms with Crippen LogP contribution in [0.4, 0.5) is 22.0 Å².